The first-order valence-corrected chi connectivity index (χ1v) is 15.0. The average Bonchev–Trinajstić information content (AvgIpc) is 2.58. The summed E-state index contributed by atoms with van der Waals surface area (Å²) in [6.07, 6.45) is 20.1. The van der Waals surface area contributed by atoms with Gasteiger partial charge < -0.3 is 0 Å². The van der Waals surface area contributed by atoms with Gasteiger partial charge >= 0.3 is 0 Å². The van der Waals surface area contributed by atoms with Gasteiger partial charge in [-0.05, 0) is 24.3 Å². The molecule has 0 nitrogen and oxygen atoms in total. The molecule has 3 heteroatoms. The van der Waals surface area contributed by atoms with Gasteiger partial charge in [-0.2, -0.15) is 11.1 Å². The van der Waals surface area contributed by atoms with E-state index in [4.69, 9.17) is 22.7 Å². The topological polar surface area (TPSA) is 0 Å². The summed E-state index contributed by atoms with van der Waals surface area (Å²) in [4.78, 5) is 0. The molecule has 1 atom stereocenters. The first kappa shape index (κ1) is 24.8. The predicted octanol–water partition coefficient (Wildman–Crippen LogP) is 9.23. The molecule has 0 N–H and O–H groups in total. The van der Waals surface area contributed by atoms with Crippen molar-refractivity contribution in [2.75, 3.05) is 5.50 Å². The molecule has 0 aliphatic carbocycles. The Morgan fingerprint density at radius 1 is 0.625 bits per heavy atom. The van der Waals surface area contributed by atoms with Gasteiger partial charge in [-0.1, -0.05) is 104 Å². The molecular formula is C21H44Cl2Si. The summed E-state index contributed by atoms with van der Waals surface area (Å²) >= 11 is 13.6. The Kier molecular flexibility index (Phi) is 15.4. The zero-order valence-corrected chi connectivity index (χ0v) is 19.6. The number of halogens is 2. The second kappa shape index (κ2) is 14.9. The van der Waals surface area contributed by atoms with Gasteiger partial charge in [0.25, 0.3) is 0 Å². The number of rotatable bonds is 17. The van der Waals surface area contributed by atoms with Crippen LogP contribution in [0.4, 0.5) is 0 Å². The summed E-state index contributed by atoms with van der Waals surface area (Å²) in [6.45, 7) is 9.23. The van der Waals surface area contributed by atoms with Crippen LogP contribution in [0.25, 0.3) is 0 Å². The quantitative estimate of drug-likeness (QED) is 0.0996. The van der Waals surface area contributed by atoms with Crippen molar-refractivity contribution in [1.29, 1.82) is 0 Å². The second-order valence-electron chi connectivity index (χ2n) is 8.04. The minimum absolute atomic E-state index is 0.367. The van der Waals surface area contributed by atoms with Gasteiger partial charge in [0.05, 0.1) is 0 Å². The lowest BCUT2D eigenvalue weighted by Gasteiger charge is -2.44. The first-order chi connectivity index (χ1) is 11.5. The lowest BCUT2D eigenvalue weighted by Crippen LogP contribution is -2.43. The summed E-state index contributed by atoms with van der Waals surface area (Å²) < 4.78 is 0. The molecule has 0 aromatic heterocycles. The van der Waals surface area contributed by atoms with Crippen LogP contribution in [0.3, 0.4) is 0 Å². The van der Waals surface area contributed by atoms with Crippen LogP contribution in [0.15, 0.2) is 0 Å². The zero-order valence-electron chi connectivity index (χ0n) is 17.1. The summed E-state index contributed by atoms with van der Waals surface area (Å²) in [5, 5.41) is 0.367. The molecule has 0 saturated carbocycles. The molecule has 0 aliphatic heterocycles. The van der Waals surface area contributed by atoms with Crippen LogP contribution in [-0.4, -0.2) is 12.9 Å². The highest BCUT2D eigenvalue weighted by Crippen LogP contribution is 2.54. The van der Waals surface area contributed by atoms with E-state index in [0.29, 0.717) is 10.5 Å². The number of unbranched alkanes of at least 4 members (excludes halogenated alkanes) is 9. The van der Waals surface area contributed by atoms with Crippen LogP contribution in [-0.2, 0) is 0 Å². The fraction of sp³-hybridized carbons (Fsp3) is 1.00. The van der Waals surface area contributed by atoms with Crippen molar-refractivity contribution < 1.29 is 0 Å². The molecule has 0 amide bonds. The van der Waals surface area contributed by atoms with Gasteiger partial charge in [0, 0.05) is 5.50 Å². The molecule has 0 bridgehead atoms. The van der Waals surface area contributed by atoms with Crippen molar-refractivity contribution in [1.82, 2.24) is 0 Å². The van der Waals surface area contributed by atoms with Crippen molar-refractivity contribution in [3.63, 3.8) is 0 Å². The normalized spacial score (nSPS) is 14.8. The molecule has 0 saturated heterocycles. The van der Waals surface area contributed by atoms with Crippen molar-refractivity contribution in [2.24, 2.45) is 0 Å². The molecule has 0 rings (SSSR count). The molecule has 24 heavy (non-hydrogen) atoms. The highest BCUT2D eigenvalue weighted by Gasteiger charge is 2.47. The van der Waals surface area contributed by atoms with E-state index in [1.807, 2.05) is 0 Å². The Balaban J connectivity index is 4.93. The molecule has 146 valence electrons. The summed E-state index contributed by atoms with van der Waals surface area (Å²) in [6, 6.07) is 0. The van der Waals surface area contributed by atoms with Gasteiger partial charge in [-0.3, -0.25) is 0 Å². The van der Waals surface area contributed by atoms with E-state index in [-0.39, 0.29) is 0 Å². The maximum atomic E-state index is 7.19. The summed E-state index contributed by atoms with van der Waals surface area (Å²) in [5.74, 6) is 0. The molecule has 0 heterocycles. The fourth-order valence-corrected chi connectivity index (χ4v) is 8.05. The van der Waals surface area contributed by atoms with E-state index in [1.54, 1.807) is 0 Å². The van der Waals surface area contributed by atoms with E-state index in [2.05, 4.69) is 27.3 Å². The third-order valence-corrected chi connectivity index (χ3v) is 13.0. The average molecular weight is 396 g/mol. The van der Waals surface area contributed by atoms with E-state index < -0.39 is 7.38 Å². The van der Waals surface area contributed by atoms with E-state index in [1.165, 1.54) is 96.3 Å². The van der Waals surface area contributed by atoms with Gasteiger partial charge in [0.1, 0.15) is 0 Å². The Morgan fingerprint density at radius 3 is 1.21 bits per heavy atom. The predicted molar refractivity (Wildman–Crippen MR) is 117 cm³/mol. The van der Waals surface area contributed by atoms with Gasteiger partial charge in [0.15, 0.2) is 7.38 Å². The van der Waals surface area contributed by atoms with Crippen LogP contribution < -0.4 is 0 Å². The van der Waals surface area contributed by atoms with Gasteiger partial charge in [0.2, 0.25) is 0 Å². The van der Waals surface area contributed by atoms with Crippen LogP contribution in [0.1, 0.15) is 117 Å². The Morgan fingerprint density at radius 2 is 0.958 bits per heavy atom. The van der Waals surface area contributed by atoms with Crippen LogP contribution in [0.2, 0.25) is 11.6 Å². The van der Waals surface area contributed by atoms with E-state index in [0.717, 1.165) is 0 Å². The van der Waals surface area contributed by atoms with Crippen molar-refractivity contribution >= 4 is 30.1 Å². The lowest BCUT2D eigenvalue weighted by molar-refractivity contribution is 0.376. The molecule has 0 fully saturated rings. The number of hydrogen-bond acceptors (Lipinski definition) is 0. The second-order valence-corrected chi connectivity index (χ2v) is 15.1. The minimum Gasteiger partial charge on any atom is -0.165 e. The molecule has 0 aromatic carbocycles. The van der Waals surface area contributed by atoms with Crippen molar-refractivity contribution in [3.8, 4) is 0 Å². The molecule has 0 radical (unpaired) electrons. The minimum atomic E-state index is -1.90. The number of alkyl halides is 1. The monoisotopic (exact) mass is 394 g/mol. The maximum absolute atomic E-state index is 7.19. The summed E-state index contributed by atoms with van der Waals surface area (Å²) in [7, 11) is -1.90. The molecule has 0 spiro atoms. The highest BCUT2D eigenvalue weighted by atomic mass is 35.6. The van der Waals surface area contributed by atoms with Crippen LogP contribution in [0.5, 0.6) is 0 Å². The van der Waals surface area contributed by atoms with E-state index >= 15 is 0 Å². The van der Waals surface area contributed by atoms with Crippen LogP contribution in [0, 0.1) is 0 Å². The summed E-state index contributed by atoms with van der Waals surface area (Å²) in [5.41, 5.74) is 0.712. The SMILES string of the molecule is CCCCCCC(CCCCCC)(CCCCCC)[Si](C)(Cl)CCl. The Bertz CT molecular complexity index is 248. The first-order valence-electron chi connectivity index (χ1n) is 10.7. The third-order valence-electron chi connectivity index (χ3n) is 5.88. The van der Waals surface area contributed by atoms with Crippen LogP contribution >= 0.6 is 22.7 Å². The smallest absolute Gasteiger partial charge is 0.165 e. The largest absolute Gasteiger partial charge is 0.174 e. The van der Waals surface area contributed by atoms with Gasteiger partial charge in [-0.25, -0.2) is 0 Å². The van der Waals surface area contributed by atoms with E-state index in [9.17, 15) is 0 Å². The molecular weight excluding hydrogens is 351 g/mol. The van der Waals surface area contributed by atoms with Crippen molar-refractivity contribution in [2.45, 2.75) is 129 Å². The van der Waals surface area contributed by atoms with Gasteiger partial charge in [-0.15, -0.1) is 11.6 Å². The molecule has 1 unspecified atom stereocenters. The Labute approximate surface area is 164 Å². The van der Waals surface area contributed by atoms with Crippen molar-refractivity contribution in [3.05, 3.63) is 0 Å². The molecule has 0 aromatic rings. The maximum Gasteiger partial charge on any atom is 0.174 e. The standard InChI is InChI=1S/C21H44Cl2Si/c1-5-8-11-14-17-21(24(4,23)20-22,18-15-12-9-6-2)19-16-13-10-7-3/h5-20H2,1-4H3. The highest BCUT2D eigenvalue weighted by molar-refractivity contribution is 7.23. The Hall–Kier alpha value is 0.797. The fourth-order valence-electron chi connectivity index (χ4n) is 3.97. The lowest BCUT2D eigenvalue weighted by atomic mass is 9.88. The molecule has 0 aliphatic rings. The number of hydrogen-bond donors (Lipinski definition) is 0. The zero-order chi connectivity index (χ0) is 18.3. The third kappa shape index (κ3) is 9.48.